The van der Waals surface area contributed by atoms with Gasteiger partial charge in [-0.25, -0.2) is 13.2 Å². The number of phenolic OH excluding ortho intramolecular Hbond substituents is 3. The van der Waals surface area contributed by atoms with Crippen LogP contribution >= 0.6 is 34.0 Å². The van der Waals surface area contributed by atoms with E-state index in [2.05, 4.69) is 92.9 Å². The van der Waals surface area contributed by atoms with E-state index in [1.54, 1.807) is 52.2 Å². The third-order valence-electron chi connectivity index (χ3n) is 14.4. The van der Waals surface area contributed by atoms with Crippen molar-refractivity contribution < 1.29 is 42.7 Å². The molecular weight excluding hydrogens is 1050 g/mol. The predicted molar refractivity (Wildman–Crippen MR) is 314 cm³/mol. The van der Waals surface area contributed by atoms with E-state index >= 15 is 0 Å². The van der Waals surface area contributed by atoms with E-state index < -0.39 is 34.7 Å². The van der Waals surface area contributed by atoms with Crippen LogP contribution in [0.5, 0.6) is 34.5 Å². The zero-order valence-electron chi connectivity index (χ0n) is 43.6. The Kier molecular flexibility index (Phi) is 16.8. The lowest BCUT2D eigenvalue weighted by Gasteiger charge is -2.17. The van der Waals surface area contributed by atoms with Gasteiger partial charge < -0.3 is 44.2 Å². The predicted octanol–water partition coefficient (Wildman–Crippen LogP) is 16.6. The number of nitrogens with zero attached hydrogens (tertiary/aromatic N) is 3. The number of thiophene rings is 3. The van der Waals surface area contributed by atoms with E-state index in [1.807, 2.05) is 29.6 Å². The molecule has 9 aromatic rings. The minimum Gasteiger partial charge on any atom is -0.502 e. The second-order valence-corrected chi connectivity index (χ2v) is 22.2. The highest BCUT2D eigenvalue weighted by molar-refractivity contribution is 7.18. The molecule has 12 rings (SSSR count). The summed E-state index contributed by atoms with van der Waals surface area (Å²) in [6.07, 6.45) is 7.60. The van der Waals surface area contributed by atoms with Crippen molar-refractivity contribution in [2.24, 2.45) is 0 Å². The SMILES string of the molecule is COc1cc(-c2cc(-c3ccc(N4CCCC4)cc3)cs2)cc(F)c1O.COc1cc(-c2ccc(-c3ccc(N4CCCC4)cc3)s2)cc(F)c1O.COc1cc(-c2csc(-c3ccc(N4CCCC4)cc3)c2)cc(F)c1O. The molecule has 9 nitrogen and oxygen atoms in total. The largest absolute Gasteiger partial charge is 0.502 e. The summed E-state index contributed by atoms with van der Waals surface area (Å²) < 4.78 is 56.9. The Morgan fingerprint density at radius 2 is 0.654 bits per heavy atom. The van der Waals surface area contributed by atoms with Crippen molar-refractivity contribution in [3.05, 3.63) is 162 Å². The van der Waals surface area contributed by atoms with Crippen LogP contribution in [-0.4, -0.2) is 75.9 Å². The van der Waals surface area contributed by atoms with Gasteiger partial charge in [0.2, 0.25) is 0 Å². The van der Waals surface area contributed by atoms with Crippen LogP contribution in [0.2, 0.25) is 0 Å². The number of hydrogen-bond donors (Lipinski definition) is 3. The fourth-order valence-electron chi connectivity index (χ4n) is 10.0. The third kappa shape index (κ3) is 12.1. The number of methoxy groups -OCH3 is 3. The highest BCUT2D eigenvalue weighted by Gasteiger charge is 2.19. The quantitative estimate of drug-likeness (QED) is 0.110. The molecule has 6 heterocycles. The normalized spacial score (nSPS) is 14.0. The first kappa shape index (κ1) is 53.8. The van der Waals surface area contributed by atoms with E-state index in [0.717, 1.165) is 86.6 Å². The van der Waals surface area contributed by atoms with E-state index in [0.29, 0.717) is 16.7 Å². The minimum atomic E-state index is -0.679. The van der Waals surface area contributed by atoms with Crippen LogP contribution in [0.4, 0.5) is 30.2 Å². The van der Waals surface area contributed by atoms with Gasteiger partial charge >= 0.3 is 0 Å². The molecule has 0 saturated carbocycles. The van der Waals surface area contributed by atoms with Crippen LogP contribution in [0, 0.1) is 17.5 Å². The number of halogens is 3. The van der Waals surface area contributed by atoms with Crippen LogP contribution in [0.25, 0.3) is 64.0 Å². The Morgan fingerprint density at radius 1 is 0.346 bits per heavy atom. The molecule has 78 heavy (non-hydrogen) atoms. The van der Waals surface area contributed by atoms with Crippen molar-refractivity contribution in [1.82, 2.24) is 0 Å². The van der Waals surface area contributed by atoms with Gasteiger partial charge in [-0.1, -0.05) is 36.4 Å². The Morgan fingerprint density at radius 3 is 1.05 bits per heavy atom. The third-order valence-corrected chi connectivity index (χ3v) is 17.5. The molecule has 6 aromatic carbocycles. The van der Waals surface area contributed by atoms with Crippen molar-refractivity contribution in [3.63, 3.8) is 0 Å². The Labute approximate surface area is 465 Å². The average molecular weight is 1110 g/mol. The van der Waals surface area contributed by atoms with E-state index in [9.17, 15) is 28.5 Å². The van der Waals surface area contributed by atoms with Gasteiger partial charge in [0.05, 0.1) is 21.3 Å². The lowest BCUT2D eigenvalue weighted by molar-refractivity contribution is 0.357. The maximum atomic E-state index is 13.9. The zero-order chi connectivity index (χ0) is 54.3. The van der Waals surface area contributed by atoms with Gasteiger partial charge in [-0.3, -0.25) is 0 Å². The maximum absolute atomic E-state index is 13.9. The maximum Gasteiger partial charge on any atom is 0.194 e. The topological polar surface area (TPSA) is 98.1 Å². The van der Waals surface area contributed by atoms with Gasteiger partial charge in [-0.15, -0.1) is 34.0 Å². The number of hydrogen-bond acceptors (Lipinski definition) is 12. The fourth-order valence-corrected chi connectivity index (χ4v) is 12.9. The first-order valence-corrected chi connectivity index (χ1v) is 28.6. The van der Waals surface area contributed by atoms with Gasteiger partial charge in [-0.05, 0) is 191 Å². The Balaban J connectivity index is 0.000000132. The number of ether oxygens (including phenoxy) is 3. The van der Waals surface area contributed by atoms with Crippen molar-refractivity contribution in [2.45, 2.75) is 38.5 Å². The number of rotatable bonds is 12. The summed E-state index contributed by atoms with van der Waals surface area (Å²) in [5.41, 5.74) is 11.3. The molecule has 15 heteroatoms. The smallest absolute Gasteiger partial charge is 0.194 e. The molecule has 3 aromatic heterocycles. The van der Waals surface area contributed by atoms with Crippen molar-refractivity contribution in [2.75, 3.05) is 75.3 Å². The molecule has 0 atom stereocenters. The Bertz CT molecular complexity index is 3110. The summed E-state index contributed by atoms with van der Waals surface area (Å²) in [6, 6.07) is 42.9. The lowest BCUT2D eigenvalue weighted by atomic mass is 10.1. The van der Waals surface area contributed by atoms with Crippen LogP contribution in [0.3, 0.4) is 0 Å². The molecule has 0 unspecified atom stereocenters. The lowest BCUT2D eigenvalue weighted by Crippen LogP contribution is -2.17. The van der Waals surface area contributed by atoms with Crippen molar-refractivity contribution in [1.29, 1.82) is 0 Å². The molecule has 0 amide bonds. The Hall–Kier alpha value is -7.59. The van der Waals surface area contributed by atoms with Gasteiger partial charge in [0.25, 0.3) is 0 Å². The summed E-state index contributed by atoms with van der Waals surface area (Å²) in [5.74, 6) is -2.96. The molecular formula is C63H60F3N3O6S3. The second kappa shape index (κ2) is 24.4. The van der Waals surface area contributed by atoms with E-state index in [-0.39, 0.29) is 17.2 Å². The summed E-state index contributed by atoms with van der Waals surface area (Å²) in [4.78, 5) is 11.3. The standard InChI is InChI=1S/3C21H20FNO2S/c1-25-18-13-15(12-17(22)21(18)24)20-9-8-19(26-20)14-4-6-16(7-5-14)23-10-2-3-11-23;1-25-19-11-15(10-18(22)21(19)24)16-12-20(26-13-16)14-4-6-17(7-5-14)23-8-2-3-9-23;1-25-19-11-15(10-18(22)21(19)24)20-12-16(13-26-20)14-4-6-17(7-5-14)23-8-2-3-9-23/h4-9,12-13,24H,2-3,10-11H2,1H3;2*4-7,10-13,24H,2-3,8-9H2,1H3. The van der Waals surface area contributed by atoms with E-state index in [4.69, 9.17) is 14.2 Å². The van der Waals surface area contributed by atoms with Gasteiger partial charge in [0, 0.05) is 75.8 Å². The first-order chi connectivity index (χ1) is 38.0. The van der Waals surface area contributed by atoms with Gasteiger partial charge in [0.15, 0.2) is 51.9 Å². The minimum absolute atomic E-state index is 0.141. The number of benzene rings is 6. The monoisotopic (exact) mass is 1110 g/mol. The summed E-state index contributed by atoms with van der Waals surface area (Å²) in [5, 5.41) is 33.1. The molecule has 0 radical (unpaired) electrons. The molecule has 3 fully saturated rings. The summed E-state index contributed by atoms with van der Waals surface area (Å²) >= 11 is 4.76. The van der Waals surface area contributed by atoms with E-state index in [1.165, 1.54) is 95.1 Å². The highest BCUT2D eigenvalue weighted by Crippen LogP contribution is 2.43. The number of anilines is 3. The van der Waals surface area contributed by atoms with Crippen molar-refractivity contribution >= 4 is 51.1 Å². The molecule has 0 bridgehead atoms. The molecule has 3 aliphatic rings. The first-order valence-electron chi connectivity index (χ1n) is 26.0. The summed E-state index contributed by atoms with van der Waals surface area (Å²) in [7, 11) is 4.25. The van der Waals surface area contributed by atoms with Crippen LogP contribution < -0.4 is 28.9 Å². The zero-order valence-corrected chi connectivity index (χ0v) is 46.1. The van der Waals surface area contributed by atoms with Crippen molar-refractivity contribution in [3.8, 4) is 98.5 Å². The highest BCUT2D eigenvalue weighted by atomic mass is 32.1. The van der Waals surface area contributed by atoms with Gasteiger partial charge in [-0.2, -0.15) is 0 Å². The number of aromatic hydroxyl groups is 3. The molecule has 3 aliphatic heterocycles. The second-order valence-electron chi connectivity index (χ2n) is 19.3. The van der Waals surface area contributed by atoms with Crippen LogP contribution in [-0.2, 0) is 0 Å². The fraction of sp³-hybridized carbons (Fsp3) is 0.238. The molecule has 3 N–H and O–H groups in total. The average Bonchev–Trinajstić information content (AvgIpc) is 4.36. The van der Waals surface area contributed by atoms with Crippen LogP contribution in [0.15, 0.2) is 144 Å². The number of phenols is 3. The molecule has 402 valence electrons. The van der Waals surface area contributed by atoms with Gasteiger partial charge in [0.1, 0.15) is 0 Å². The van der Waals surface area contributed by atoms with Crippen LogP contribution in [0.1, 0.15) is 38.5 Å². The molecule has 3 saturated heterocycles. The summed E-state index contributed by atoms with van der Waals surface area (Å²) in [6.45, 7) is 6.81. The molecule has 0 aliphatic carbocycles. The molecule has 0 spiro atoms.